The highest BCUT2D eigenvalue weighted by atomic mass is 32.1. The van der Waals surface area contributed by atoms with Crippen LogP contribution in [0.4, 0.5) is 0 Å². The average molecular weight is 417 g/mol. The third kappa shape index (κ3) is 4.78. The molecule has 3 heterocycles. The molecular formula is C22H28N2O4S. The fourth-order valence-electron chi connectivity index (χ4n) is 3.86. The Morgan fingerprint density at radius 2 is 2.07 bits per heavy atom. The minimum Gasteiger partial charge on any atom is -0.456 e. The molecule has 1 unspecified atom stereocenters. The summed E-state index contributed by atoms with van der Waals surface area (Å²) < 4.78 is 7.42. The molecule has 0 bridgehead atoms. The molecule has 156 valence electrons. The molecule has 2 aromatic heterocycles. The number of esters is 1. The van der Waals surface area contributed by atoms with Crippen molar-refractivity contribution in [1.29, 1.82) is 0 Å². The van der Waals surface area contributed by atoms with Gasteiger partial charge in [0.1, 0.15) is 6.04 Å². The van der Waals surface area contributed by atoms with Gasteiger partial charge in [-0.15, -0.1) is 11.3 Å². The molecule has 1 amide bonds. The zero-order chi connectivity index (χ0) is 21.0. The van der Waals surface area contributed by atoms with Crippen molar-refractivity contribution in [2.24, 2.45) is 0 Å². The Morgan fingerprint density at radius 3 is 2.76 bits per heavy atom. The number of aromatic nitrogens is 1. The van der Waals surface area contributed by atoms with E-state index in [0.717, 1.165) is 30.8 Å². The molecule has 1 atom stereocenters. The maximum atomic E-state index is 12.7. The van der Waals surface area contributed by atoms with Crippen molar-refractivity contribution in [1.82, 2.24) is 9.47 Å². The summed E-state index contributed by atoms with van der Waals surface area (Å²) in [5, 5.41) is 2.03. The molecule has 0 saturated carbocycles. The smallest absolute Gasteiger partial charge is 0.329 e. The third-order valence-corrected chi connectivity index (χ3v) is 6.28. The van der Waals surface area contributed by atoms with Crippen LogP contribution in [0.2, 0.25) is 0 Å². The first-order chi connectivity index (χ1) is 13.9. The quantitative estimate of drug-likeness (QED) is 0.486. The second-order valence-electron chi connectivity index (χ2n) is 7.48. The highest BCUT2D eigenvalue weighted by Gasteiger charge is 2.35. The van der Waals surface area contributed by atoms with Gasteiger partial charge >= 0.3 is 5.97 Å². The number of ether oxygens (including phenoxy) is 1. The van der Waals surface area contributed by atoms with Crippen molar-refractivity contribution in [2.45, 2.75) is 59.0 Å². The Hall–Kier alpha value is -2.41. The summed E-state index contributed by atoms with van der Waals surface area (Å²) in [7, 11) is 0. The summed E-state index contributed by atoms with van der Waals surface area (Å²) in [6, 6.07) is 5.37. The van der Waals surface area contributed by atoms with E-state index in [9.17, 15) is 14.4 Å². The number of rotatable bonds is 8. The Morgan fingerprint density at radius 1 is 1.28 bits per heavy atom. The van der Waals surface area contributed by atoms with E-state index in [4.69, 9.17) is 4.74 Å². The Labute approximate surface area is 175 Å². The maximum Gasteiger partial charge on any atom is 0.329 e. The summed E-state index contributed by atoms with van der Waals surface area (Å²) >= 11 is 1.68. The fourth-order valence-corrected chi connectivity index (χ4v) is 4.56. The van der Waals surface area contributed by atoms with Crippen LogP contribution in [-0.2, 0) is 20.9 Å². The van der Waals surface area contributed by atoms with Gasteiger partial charge in [-0.3, -0.25) is 9.59 Å². The number of carbonyl (C=O) groups is 3. The summed E-state index contributed by atoms with van der Waals surface area (Å²) in [5.41, 5.74) is 2.45. The van der Waals surface area contributed by atoms with Crippen LogP contribution in [0, 0.1) is 13.8 Å². The van der Waals surface area contributed by atoms with Crippen molar-refractivity contribution >= 4 is 29.0 Å². The molecule has 0 radical (unpaired) electrons. The van der Waals surface area contributed by atoms with Crippen LogP contribution in [0.3, 0.4) is 0 Å². The number of hydrogen-bond acceptors (Lipinski definition) is 5. The van der Waals surface area contributed by atoms with Crippen LogP contribution in [0.5, 0.6) is 0 Å². The maximum absolute atomic E-state index is 12.7. The van der Waals surface area contributed by atoms with Crippen LogP contribution < -0.4 is 0 Å². The molecule has 2 aromatic rings. The molecule has 0 aliphatic carbocycles. The monoisotopic (exact) mass is 416 g/mol. The topological polar surface area (TPSA) is 68.6 Å². The first-order valence-corrected chi connectivity index (χ1v) is 11.0. The standard InChI is InChI=1S/C22H28N2O4S/c1-4-7-21(26)23-10-5-9-19(23)22(27)28-14-20(25)18-12-15(2)24(16(18)3)13-17-8-6-11-29-17/h6,8,11-12,19H,4-5,7,9-10,13-14H2,1-3H3. The molecule has 7 heteroatoms. The third-order valence-electron chi connectivity index (χ3n) is 5.42. The largest absolute Gasteiger partial charge is 0.456 e. The minimum absolute atomic E-state index is 0.0181. The van der Waals surface area contributed by atoms with Crippen LogP contribution in [-0.4, -0.2) is 46.3 Å². The predicted octanol–water partition coefficient (Wildman–Crippen LogP) is 3.73. The SMILES string of the molecule is CCCC(=O)N1CCCC1C(=O)OCC(=O)c1cc(C)n(Cc2cccs2)c1C. The number of ketones is 1. The molecule has 1 aliphatic heterocycles. The summed E-state index contributed by atoms with van der Waals surface area (Å²) in [6.45, 7) is 6.83. The number of carbonyl (C=O) groups excluding carboxylic acids is 3. The highest BCUT2D eigenvalue weighted by molar-refractivity contribution is 7.09. The van der Waals surface area contributed by atoms with E-state index in [1.807, 2.05) is 38.3 Å². The molecule has 1 fully saturated rings. The van der Waals surface area contributed by atoms with Crippen molar-refractivity contribution in [3.8, 4) is 0 Å². The summed E-state index contributed by atoms with van der Waals surface area (Å²) in [5.74, 6) is -0.712. The van der Waals surface area contributed by atoms with Gasteiger partial charge in [-0.25, -0.2) is 4.79 Å². The lowest BCUT2D eigenvalue weighted by Gasteiger charge is -2.23. The molecule has 0 N–H and O–H groups in total. The zero-order valence-electron chi connectivity index (χ0n) is 17.3. The molecule has 3 rings (SSSR count). The Bertz CT molecular complexity index is 885. The number of thiophene rings is 1. The van der Waals surface area contributed by atoms with Crippen LogP contribution >= 0.6 is 11.3 Å². The van der Waals surface area contributed by atoms with E-state index in [1.54, 1.807) is 16.2 Å². The lowest BCUT2D eigenvalue weighted by molar-refractivity contribution is -0.152. The normalized spacial score (nSPS) is 16.2. The van der Waals surface area contributed by atoms with Crippen molar-refractivity contribution in [3.05, 3.63) is 45.4 Å². The Balaban J connectivity index is 1.62. The van der Waals surface area contributed by atoms with Crippen LogP contribution in [0.15, 0.2) is 23.6 Å². The number of aryl methyl sites for hydroxylation is 1. The van der Waals surface area contributed by atoms with Crippen molar-refractivity contribution in [2.75, 3.05) is 13.2 Å². The van der Waals surface area contributed by atoms with Gasteiger partial charge in [0.2, 0.25) is 11.7 Å². The fraction of sp³-hybridized carbons (Fsp3) is 0.500. The molecule has 0 aromatic carbocycles. The molecule has 6 nitrogen and oxygen atoms in total. The van der Waals surface area contributed by atoms with Crippen LogP contribution in [0.1, 0.15) is 59.2 Å². The number of likely N-dealkylation sites (tertiary alicyclic amines) is 1. The summed E-state index contributed by atoms with van der Waals surface area (Å²) in [6.07, 6.45) is 2.56. The number of hydrogen-bond donors (Lipinski definition) is 0. The zero-order valence-corrected chi connectivity index (χ0v) is 18.1. The van der Waals surface area contributed by atoms with E-state index >= 15 is 0 Å². The lowest BCUT2D eigenvalue weighted by atomic mass is 10.1. The van der Waals surface area contributed by atoms with Gasteiger partial charge in [-0.05, 0) is 50.6 Å². The average Bonchev–Trinajstić information content (AvgIpc) is 3.43. The predicted molar refractivity (Wildman–Crippen MR) is 112 cm³/mol. The van der Waals surface area contributed by atoms with Crippen LogP contribution in [0.25, 0.3) is 0 Å². The Kier molecular flexibility index (Phi) is 6.90. The van der Waals surface area contributed by atoms with E-state index in [-0.39, 0.29) is 18.3 Å². The van der Waals surface area contributed by atoms with E-state index in [1.165, 1.54) is 4.88 Å². The first-order valence-electron chi connectivity index (χ1n) is 10.1. The first kappa shape index (κ1) is 21.3. The summed E-state index contributed by atoms with van der Waals surface area (Å²) in [4.78, 5) is 40.2. The van der Waals surface area contributed by atoms with Gasteiger partial charge in [0.15, 0.2) is 6.61 Å². The van der Waals surface area contributed by atoms with Gasteiger partial charge in [-0.2, -0.15) is 0 Å². The van der Waals surface area contributed by atoms with Gasteiger partial charge in [0.05, 0.1) is 6.54 Å². The van der Waals surface area contributed by atoms with Crippen molar-refractivity contribution < 1.29 is 19.1 Å². The van der Waals surface area contributed by atoms with Gasteiger partial charge < -0.3 is 14.2 Å². The highest BCUT2D eigenvalue weighted by Crippen LogP contribution is 2.22. The van der Waals surface area contributed by atoms with E-state index in [0.29, 0.717) is 24.9 Å². The molecule has 1 saturated heterocycles. The van der Waals surface area contributed by atoms with Gasteiger partial charge in [0, 0.05) is 34.8 Å². The molecule has 1 aliphatic rings. The second-order valence-corrected chi connectivity index (χ2v) is 8.51. The van der Waals surface area contributed by atoms with Gasteiger partial charge in [0.25, 0.3) is 0 Å². The van der Waals surface area contributed by atoms with E-state index in [2.05, 4.69) is 10.6 Å². The number of Topliss-reactive ketones (excluding diaryl/α,β-unsaturated/α-hetero) is 1. The molecule has 29 heavy (non-hydrogen) atoms. The lowest BCUT2D eigenvalue weighted by Crippen LogP contribution is -2.41. The second kappa shape index (κ2) is 9.39. The molecular weight excluding hydrogens is 388 g/mol. The number of nitrogens with zero attached hydrogens (tertiary/aromatic N) is 2. The molecule has 0 spiro atoms. The number of amides is 1. The van der Waals surface area contributed by atoms with Gasteiger partial charge in [-0.1, -0.05) is 13.0 Å². The van der Waals surface area contributed by atoms with E-state index < -0.39 is 12.0 Å². The minimum atomic E-state index is -0.562. The van der Waals surface area contributed by atoms with Crippen molar-refractivity contribution in [3.63, 3.8) is 0 Å².